The summed E-state index contributed by atoms with van der Waals surface area (Å²) in [5.41, 5.74) is 0. The third-order valence-corrected chi connectivity index (χ3v) is 15.8. The van der Waals surface area contributed by atoms with Gasteiger partial charge in [0.2, 0.25) is 0 Å². The van der Waals surface area contributed by atoms with Crippen LogP contribution in [0.2, 0.25) is 0 Å². The van der Waals surface area contributed by atoms with Crippen molar-refractivity contribution >= 4 is 25.7 Å². The first-order valence-corrected chi connectivity index (χ1v) is 34.7. The molecule has 0 aromatic heterocycles. The molecule has 0 saturated carbocycles. The van der Waals surface area contributed by atoms with Crippen LogP contribution in [-0.2, 0) is 42.2 Å². The summed E-state index contributed by atoms with van der Waals surface area (Å²) < 4.78 is 39.7. The number of unbranched alkanes of at least 4 members (excludes halogenated alkanes) is 42. The minimum atomic E-state index is -4.75. The average Bonchev–Trinajstić information content (AvgIpc) is 3.43. The number of phosphoric acid groups is 1. The van der Waals surface area contributed by atoms with E-state index in [9.17, 15) is 28.9 Å². The monoisotopic (exact) mass is 1120 g/mol. The van der Waals surface area contributed by atoms with Gasteiger partial charge in [-0.2, -0.15) is 0 Å². The van der Waals surface area contributed by atoms with Crippen LogP contribution in [0, 0.1) is 0 Å². The van der Waals surface area contributed by atoms with Crippen molar-refractivity contribution in [3.05, 3.63) is 24.3 Å². The maximum absolute atomic E-state index is 13.0. The molecule has 460 valence electrons. The van der Waals surface area contributed by atoms with Crippen LogP contribution in [0.15, 0.2) is 24.3 Å². The van der Waals surface area contributed by atoms with Crippen molar-refractivity contribution in [3.63, 3.8) is 0 Å². The van der Waals surface area contributed by atoms with Gasteiger partial charge in [0, 0.05) is 19.3 Å². The van der Waals surface area contributed by atoms with Gasteiger partial charge in [-0.3, -0.25) is 23.4 Å². The molecule has 0 spiro atoms. The number of aliphatic hydroxyl groups is 1. The molecule has 0 heterocycles. The predicted octanol–water partition coefficient (Wildman–Crippen LogP) is 20.2. The number of hydrogen-bond acceptors (Lipinski definition) is 10. The van der Waals surface area contributed by atoms with E-state index < -0.39 is 57.8 Å². The highest BCUT2D eigenvalue weighted by Gasteiger charge is 2.28. The number of aliphatic hydroxyl groups excluding tert-OH is 1. The zero-order valence-corrected chi connectivity index (χ0v) is 52.1. The van der Waals surface area contributed by atoms with Crippen LogP contribution in [0.4, 0.5) is 0 Å². The highest BCUT2D eigenvalue weighted by Crippen LogP contribution is 2.43. The smallest absolute Gasteiger partial charge is 0.462 e. The number of ether oxygens (including phenoxy) is 3. The summed E-state index contributed by atoms with van der Waals surface area (Å²) >= 11 is 0. The van der Waals surface area contributed by atoms with E-state index in [0.29, 0.717) is 19.3 Å². The minimum absolute atomic E-state index is 0.169. The molecule has 3 atom stereocenters. The van der Waals surface area contributed by atoms with E-state index >= 15 is 0 Å². The van der Waals surface area contributed by atoms with Crippen molar-refractivity contribution in [2.45, 2.75) is 354 Å². The van der Waals surface area contributed by atoms with E-state index in [2.05, 4.69) is 45.1 Å². The van der Waals surface area contributed by atoms with Gasteiger partial charge in [-0.25, -0.2) is 4.57 Å². The van der Waals surface area contributed by atoms with Crippen molar-refractivity contribution in [2.24, 2.45) is 0 Å². The molecule has 78 heavy (non-hydrogen) atoms. The molecule has 0 aromatic rings. The van der Waals surface area contributed by atoms with Crippen LogP contribution < -0.4 is 0 Å². The van der Waals surface area contributed by atoms with Crippen molar-refractivity contribution in [1.82, 2.24) is 0 Å². The van der Waals surface area contributed by atoms with Gasteiger partial charge in [-0.15, -0.1) is 0 Å². The van der Waals surface area contributed by atoms with Gasteiger partial charge >= 0.3 is 25.7 Å². The third kappa shape index (κ3) is 58.6. The molecule has 0 aliphatic heterocycles. The molecule has 0 fully saturated rings. The van der Waals surface area contributed by atoms with Gasteiger partial charge in [0.1, 0.15) is 12.7 Å². The highest BCUT2D eigenvalue weighted by molar-refractivity contribution is 7.47. The van der Waals surface area contributed by atoms with Gasteiger partial charge in [-0.1, -0.05) is 276 Å². The maximum atomic E-state index is 13.0. The SMILES string of the molecule is CCCCCCCC/C=C\CCCCCCCCCCCC(=O)OC(COC(=O)CCCCCCC/C=C\CCCCCCCC)COP(=O)(O)OCC(CO)OC(=O)CCCCCCCCCCCCCCCCCCC. The van der Waals surface area contributed by atoms with Crippen LogP contribution in [-0.4, -0.2) is 66.5 Å². The Hall–Kier alpha value is -2.04. The first-order valence-electron chi connectivity index (χ1n) is 33.2. The summed E-state index contributed by atoms with van der Waals surface area (Å²) in [5, 5.41) is 9.86. The fourth-order valence-electron chi connectivity index (χ4n) is 9.76. The molecular weight excluding hydrogens is 1000 g/mol. The Balaban J connectivity index is 4.64. The fraction of sp³-hybridized carbons (Fsp3) is 0.894. The number of esters is 3. The lowest BCUT2D eigenvalue weighted by molar-refractivity contribution is -0.161. The van der Waals surface area contributed by atoms with Crippen molar-refractivity contribution in [1.29, 1.82) is 0 Å². The number of rotatable bonds is 63. The van der Waals surface area contributed by atoms with E-state index in [1.54, 1.807) is 0 Å². The third-order valence-electron chi connectivity index (χ3n) is 14.8. The molecule has 0 amide bonds. The van der Waals surface area contributed by atoms with Crippen molar-refractivity contribution in [2.75, 3.05) is 26.4 Å². The molecule has 3 unspecified atom stereocenters. The van der Waals surface area contributed by atoms with Gasteiger partial charge < -0.3 is 24.2 Å². The van der Waals surface area contributed by atoms with E-state index in [0.717, 1.165) is 77.0 Å². The maximum Gasteiger partial charge on any atom is 0.472 e. The summed E-state index contributed by atoms with van der Waals surface area (Å²) in [6.45, 7) is 4.71. The molecule has 0 aromatic carbocycles. The topological polar surface area (TPSA) is 155 Å². The van der Waals surface area contributed by atoms with Crippen LogP contribution >= 0.6 is 7.82 Å². The summed E-state index contributed by atoms with van der Waals surface area (Å²) in [6.07, 6.45) is 64.1. The lowest BCUT2D eigenvalue weighted by Crippen LogP contribution is -2.30. The Labute approximate surface area is 480 Å². The van der Waals surface area contributed by atoms with E-state index in [1.165, 1.54) is 205 Å². The summed E-state index contributed by atoms with van der Waals surface area (Å²) in [5.74, 6) is -1.44. The average molecular weight is 1130 g/mol. The van der Waals surface area contributed by atoms with E-state index in [1.807, 2.05) is 0 Å². The second-order valence-corrected chi connectivity index (χ2v) is 24.1. The quantitative estimate of drug-likeness (QED) is 0.0197. The molecule has 0 aliphatic rings. The zero-order chi connectivity index (χ0) is 56.9. The van der Waals surface area contributed by atoms with E-state index in [-0.39, 0.29) is 25.9 Å². The predicted molar refractivity (Wildman–Crippen MR) is 326 cm³/mol. The molecule has 2 N–H and O–H groups in total. The fourth-order valence-corrected chi connectivity index (χ4v) is 10.5. The Morgan fingerprint density at radius 3 is 0.885 bits per heavy atom. The molecule has 0 radical (unpaired) electrons. The Kier molecular flexibility index (Phi) is 59.4. The molecule has 11 nitrogen and oxygen atoms in total. The molecule has 12 heteroatoms. The largest absolute Gasteiger partial charge is 0.472 e. The first kappa shape index (κ1) is 76.0. The second-order valence-electron chi connectivity index (χ2n) is 22.6. The zero-order valence-electron chi connectivity index (χ0n) is 51.2. The number of phosphoric ester groups is 1. The molecule has 0 rings (SSSR count). The second kappa shape index (κ2) is 61.0. The summed E-state index contributed by atoms with van der Waals surface area (Å²) in [7, 11) is -4.75. The Bertz CT molecular complexity index is 1400. The van der Waals surface area contributed by atoms with Crippen LogP contribution in [0.5, 0.6) is 0 Å². The number of carbonyl (C=O) groups is 3. The Morgan fingerprint density at radius 1 is 0.346 bits per heavy atom. The highest BCUT2D eigenvalue weighted by atomic mass is 31.2. The molecule has 0 aliphatic carbocycles. The Morgan fingerprint density at radius 2 is 0.590 bits per heavy atom. The van der Waals surface area contributed by atoms with Crippen molar-refractivity contribution in [3.8, 4) is 0 Å². The number of allylic oxidation sites excluding steroid dienone is 4. The van der Waals surface area contributed by atoms with Gasteiger partial charge in [0.05, 0.1) is 19.8 Å². The summed E-state index contributed by atoms with van der Waals surface area (Å²) in [4.78, 5) is 48.8. The lowest BCUT2D eigenvalue weighted by atomic mass is 10.0. The number of hydrogen-bond donors (Lipinski definition) is 2. The van der Waals surface area contributed by atoms with Gasteiger partial charge in [-0.05, 0) is 70.6 Å². The summed E-state index contributed by atoms with van der Waals surface area (Å²) in [6, 6.07) is 0. The van der Waals surface area contributed by atoms with Crippen LogP contribution in [0.3, 0.4) is 0 Å². The normalized spacial score (nSPS) is 13.3. The minimum Gasteiger partial charge on any atom is -0.462 e. The molecular formula is C66H125O11P. The molecule has 0 saturated heterocycles. The standard InChI is InChI=1S/C66H125O11P/c1-4-7-10-13-16-19-22-25-28-30-31-33-36-39-42-45-48-51-54-57-66(70)77-63(59-73-64(68)55-52-49-46-43-40-37-34-27-24-21-18-15-12-9-6-3)61-75-78(71,72)74-60-62(58-67)76-65(69)56-53-50-47-44-41-38-35-32-29-26-23-20-17-14-11-8-5-2/h25,27-28,34,62-63,67H,4-24,26,29-33,35-61H2,1-3H3,(H,71,72)/b28-25-,34-27-. The van der Waals surface area contributed by atoms with Gasteiger partial charge in [0.25, 0.3) is 0 Å². The van der Waals surface area contributed by atoms with Crippen LogP contribution in [0.1, 0.15) is 342 Å². The van der Waals surface area contributed by atoms with Gasteiger partial charge in [0.15, 0.2) is 6.10 Å². The molecule has 0 bridgehead atoms. The van der Waals surface area contributed by atoms with E-state index in [4.69, 9.17) is 23.3 Å². The van der Waals surface area contributed by atoms with Crippen molar-refractivity contribution < 1.29 is 52.2 Å². The number of carbonyl (C=O) groups excluding carboxylic acids is 3. The lowest BCUT2D eigenvalue weighted by Gasteiger charge is -2.21. The first-order chi connectivity index (χ1) is 38.2. The van der Waals surface area contributed by atoms with Crippen LogP contribution in [0.25, 0.3) is 0 Å².